The van der Waals surface area contributed by atoms with Crippen LogP contribution in [0.2, 0.25) is 0 Å². The van der Waals surface area contributed by atoms with Crippen molar-refractivity contribution in [1.82, 2.24) is 0 Å². The number of halogens is 1. The van der Waals surface area contributed by atoms with Crippen LogP contribution in [0.5, 0.6) is 0 Å². The Morgan fingerprint density at radius 3 is 2.93 bits per heavy atom. The SMILES string of the molecule is COC(=O)C(N)Cc1cccc(I)c1. The molecule has 0 saturated carbocycles. The molecule has 0 fully saturated rings. The molecule has 0 bridgehead atoms. The Labute approximate surface area is 96.8 Å². The highest BCUT2D eigenvalue weighted by Gasteiger charge is 2.13. The third kappa shape index (κ3) is 3.26. The van der Waals surface area contributed by atoms with Gasteiger partial charge >= 0.3 is 5.97 Å². The zero-order valence-electron chi connectivity index (χ0n) is 7.87. The number of methoxy groups -OCH3 is 1. The van der Waals surface area contributed by atoms with E-state index >= 15 is 0 Å². The fourth-order valence-electron chi connectivity index (χ4n) is 1.15. The lowest BCUT2D eigenvalue weighted by Gasteiger charge is -2.08. The Bertz CT molecular complexity index is 328. The van der Waals surface area contributed by atoms with E-state index in [1.54, 1.807) is 0 Å². The van der Waals surface area contributed by atoms with E-state index in [1.165, 1.54) is 7.11 Å². The second-order valence-corrected chi connectivity index (χ2v) is 4.21. The zero-order valence-corrected chi connectivity index (χ0v) is 10.0. The summed E-state index contributed by atoms with van der Waals surface area (Å²) >= 11 is 2.22. The van der Waals surface area contributed by atoms with Crippen molar-refractivity contribution in [2.75, 3.05) is 7.11 Å². The van der Waals surface area contributed by atoms with Gasteiger partial charge in [-0.25, -0.2) is 0 Å². The molecule has 0 heterocycles. The molecule has 1 atom stereocenters. The average Bonchev–Trinajstić information content (AvgIpc) is 2.16. The third-order valence-electron chi connectivity index (χ3n) is 1.85. The Kier molecular flexibility index (Phi) is 4.34. The van der Waals surface area contributed by atoms with Crippen LogP contribution in [-0.4, -0.2) is 19.1 Å². The molecule has 0 radical (unpaired) electrons. The van der Waals surface area contributed by atoms with Gasteiger partial charge in [-0.3, -0.25) is 4.79 Å². The minimum Gasteiger partial charge on any atom is -0.468 e. The van der Waals surface area contributed by atoms with Gasteiger partial charge in [0.1, 0.15) is 6.04 Å². The summed E-state index contributed by atoms with van der Waals surface area (Å²) in [7, 11) is 1.34. The highest BCUT2D eigenvalue weighted by molar-refractivity contribution is 14.1. The van der Waals surface area contributed by atoms with E-state index in [4.69, 9.17) is 5.73 Å². The van der Waals surface area contributed by atoms with Gasteiger partial charge in [-0.05, 0) is 46.7 Å². The Balaban J connectivity index is 2.64. The van der Waals surface area contributed by atoms with Gasteiger partial charge in [0.05, 0.1) is 7.11 Å². The summed E-state index contributed by atoms with van der Waals surface area (Å²) in [5, 5.41) is 0. The molecule has 0 aliphatic rings. The molecule has 0 amide bonds. The van der Waals surface area contributed by atoms with Crippen molar-refractivity contribution in [1.29, 1.82) is 0 Å². The lowest BCUT2D eigenvalue weighted by molar-refractivity contribution is -0.142. The topological polar surface area (TPSA) is 52.3 Å². The van der Waals surface area contributed by atoms with Crippen LogP contribution in [0.3, 0.4) is 0 Å². The van der Waals surface area contributed by atoms with Gasteiger partial charge in [0.15, 0.2) is 0 Å². The number of carbonyl (C=O) groups is 1. The van der Waals surface area contributed by atoms with Gasteiger partial charge in [-0.1, -0.05) is 12.1 Å². The van der Waals surface area contributed by atoms with Crippen molar-refractivity contribution in [2.45, 2.75) is 12.5 Å². The molecule has 1 aromatic carbocycles. The van der Waals surface area contributed by atoms with Gasteiger partial charge in [0.2, 0.25) is 0 Å². The van der Waals surface area contributed by atoms with Crippen LogP contribution < -0.4 is 5.73 Å². The van der Waals surface area contributed by atoms with E-state index in [1.807, 2.05) is 24.3 Å². The first-order valence-electron chi connectivity index (χ1n) is 4.21. The molecule has 1 rings (SSSR count). The van der Waals surface area contributed by atoms with Crippen LogP contribution in [0.1, 0.15) is 5.56 Å². The normalized spacial score (nSPS) is 12.2. The first-order valence-corrected chi connectivity index (χ1v) is 5.29. The average molecular weight is 305 g/mol. The van der Waals surface area contributed by atoms with Crippen molar-refractivity contribution in [3.8, 4) is 0 Å². The minimum atomic E-state index is -0.571. The monoisotopic (exact) mass is 305 g/mol. The second kappa shape index (κ2) is 5.31. The maximum Gasteiger partial charge on any atom is 0.322 e. The molecule has 0 spiro atoms. The van der Waals surface area contributed by atoms with Gasteiger partial charge < -0.3 is 10.5 Å². The Morgan fingerprint density at radius 1 is 1.64 bits per heavy atom. The number of benzene rings is 1. The van der Waals surface area contributed by atoms with Crippen LogP contribution >= 0.6 is 22.6 Å². The molecule has 0 aliphatic carbocycles. The summed E-state index contributed by atoms with van der Waals surface area (Å²) in [5.41, 5.74) is 6.68. The van der Waals surface area contributed by atoms with Crippen LogP contribution in [0.15, 0.2) is 24.3 Å². The van der Waals surface area contributed by atoms with Gasteiger partial charge in [0.25, 0.3) is 0 Å². The lowest BCUT2D eigenvalue weighted by atomic mass is 10.1. The summed E-state index contributed by atoms with van der Waals surface area (Å²) in [6.45, 7) is 0. The van der Waals surface area contributed by atoms with Gasteiger partial charge in [-0.15, -0.1) is 0 Å². The van der Waals surface area contributed by atoms with E-state index in [0.29, 0.717) is 6.42 Å². The Hall–Kier alpha value is -0.620. The zero-order chi connectivity index (χ0) is 10.6. The van der Waals surface area contributed by atoms with E-state index in [9.17, 15) is 4.79 Å². The van der Waals surface area contributed by atoms with E-state index < -0.39 is 6.04 Å². The molecule has 1 unspecified atom stereocenters. The summed E-state index contributed by atoms with van der Waals surface area (Å²) in [6, 6.07) is 7.32. The van der Waals surface area contributed by atoms with Crippen LogP contribution in [-0.2, 0) is 16.0 Å². The molecular formula is C10H12INO2. The first kappa shape index (κ1) is 11.5. The molecule has 2 N–H and O–H groups in total. The molecular weight excluding hydrogens is 293 g/mol. The van der Waals surface area contributed by atoms with Crippen LogP contribution in [0, 0.1) is 3.57 Å². The van der Waals surface area contributed by atoms with Gasteiger partial charge in [-0.2, -0.15) is 0 Å². The first-order chi connectivity index (χ1) is 6.63. The second-order valence-electron chi connectivity index (χ2n) is 2.96. The fraction of sp³-hybridized carbons (Fsp3) is 0.300. The quantitative estimate of drug-likeness (QED) is 0.677. The third-order valence-corrected chi connectivity index (χ3v) is 2.52. The van der Waals surface area contributed by atoms with Crippen LogP contribution in [0.25, 0.3) is 0 Å². The van der Waals surface area contributed by atoms with E-state index in [0.717, 1.165) is 9.13 Å². The Morgan fingerprint density at radius 2 is 2.36 bits per heavy atom. The number of ether oxygens (including phenoxy) is 1. The number of hydrogen-bond acceptors (Lipinski definition) is 3. The van der Waals surface area contributed by atoms with Crippen molar-refractivity contribution >= 4 is 28.6 Å². The molecule has 3 nitrogen and oxygen atoms in total. The number of nitrogens with two attached hydrogens (primary N) is 1. The van der Waals surface area contributed by atoms with Gasteiger partial charge in [0, 0.05) is 3.57 Å². The van der Waals surface area contributed by atoms with Crippen molar-refractivity contribution < 1.29 is 9.53 Å². The highest BCUT2D eigenvalue weighted by Crippen LogP contribution is 2.09. The van der Waals surface area contributed by atoms with Crippen molar-refractivity contribution in [3.63, 3.8) is 0 Å². The standard InChI is InChI=1S/C10H12INO2/c1-14-10(13)9(12)6-7-3-2-4-8(11)5-7/h2-5,9H,6,12H2,1H3. The maximum atomic E-state index is 11.1. The predicted molar refractivity (Wildman–Crippen MR) is 62.9 cm³/mol. The molecule has 14 heavy (non-hydrogen) atoms. The largest absolute Gasteiger partial charge is 0.468 e. The lowest BCUT2D eigenvalue weighted by Crippen LogP contribution is -2.33. The maximum absolute atomic E-state index is 11.1. The van der Waals surface area contributed by atoms with E-state index in [2.05, 4.69) is 27.3 Å². The summed E-state index contributed by atoms with van der Waals surface area (Å²) in [5.74, 6) is -0.371. The predicted octanol–water partition coefficient (Wildman–Crippen LogP) is 1.33. The van der Waals surface area contributed by atoms with Crippen molar-refractivity contribution in [3.05, 3.63) is 33.4 Å². The number of esters is 1. The highest BCUT2D eigenvalue weighted by atomic mass is 127. The number of hydrogen-bond donors (Lipinski definition) is 1. The molecule has 4 heteroatoms. The van der Waals surface area contributed by atoms with Crippen LogP contribution in [0.4, 0.5) is 0 Å². The molecule has 1 aromatic rings. The molecule has 0 aromatic heterocycles. The molecule has 0 saturated heterocycles. The summed E-state index contributed by atoms with van der Waals surface area (Å²) in [6.07, 6.45) is 0.517. The summed E-state index contributed by atoms with van der Waals surface area (Å²) < 4.78 is 5.68. The van der Waals surface area contributed by atoms with Crippen molar-refractivity contribution in [2.24, 2.45) is 5.73 Å². The molecule has 0 aliphatic heterocycles. The smallest absolute Gasteiger partial charge is 0.322 e. The fourth-order valence-corrected chi connectivity index (χ4v) is 1.76. The minimum absolute atomic E-state index is 0.371. The molecule has 76 valence electrons. The summed E-state index contributed by atoms with van der Waals surface area (Å²) in [4.78, 5) is 11.1. The number of carbonyl (C=O) groups excluding carboxylic acids is 1. The van der Waals surface area contributed by atoms with E-state index in [-0.39, 0.29) is 5.97 Å². The number of rotatable bonds is 3.